The quantitative estimate of drug-likeness (QED) is 0.804. The van der Waals surface area contributed by atoms with E-state index in [2.05, 4.69) is 15.6 Å². The van der Waals surface area contributed by atoms with Gasteiger partial charge < -0.3 is 15.7 Å². The molecule has 0 bridgehead atoms. The molecule has 3 N–H and O–H groups in total. The summed E-state index contributed by atoms with van der Waals surface area (Å²) >= 11 is 0. The third-order valence-corrected chi connectivity index (χ3v) is 2.55. The molecule has 21 heavy (non-hydrogen) atoms. The zero-order valence-corrected chi connectivity index (χ0v) is 11.1. The van der Waals surface area contributed by atoms with E-state index in [0.29, 0.717) is 11.4 Å². The van der Waals surface area contributed by atoms with E-state index >= 15 is 0 Å². The van der Waals surface area contributed by atoms with Crippen molar-refractivity contribution < 1.29 is 19.1 Å². The Bertz CT molecular complexity index is 686. The summed E-state index contributed by atoms with van der Waals surface area (Å²) in [5, 5.41) is 14.4. The van der Waals surface area contributed by atoms with E-state index in [1.54, 1.807) is 24.3 Å². The number of rotatable bonds is 4. The lowest BCUT2D eigenvalue weighted by molar-refractivity contribution is -0.114. The number of nitrogens with zero attached hydrogens (tertiary/aromatic N) is 1. The average Bonchev–Trinajstić information content (AvgIpc) is 2.42. The molecule has 0 fully saturated rings. The fourth-order valence-electron chi connectivity index (χ4n) is 1.68. The number of aromatic nitrogens is 1. The van der Waals surface area contributed by atoms with E-state index in [0.717, 1.165) is 12.3 Å². The Kier molecular flexibility index (Phi) is 4.13. The van der Waals surface area contributed by atoms with Crippen molar-refractivity contribution in [1.82, 2.24) is 4.98 Å². The molecule has 1 aromatic carbocycles. The average molecular weight is 289 g/mol. The number of anilines is 3. The van der Waals surface area contributed by atoms with Gasteiger partial charge in [-0.3, -0.25) is 4.79 Å². The number of carbonyl (C=O) groups is 2. The van der Waals surface area contributed by atoms with Crippen LogP contribution in [0.3, 0.4) is 0 Å². The molecule has 0 radical (unpaired) electrons. The van der Waals surface area contributed by atoms with Crippen LogP contribution < -0.4 is 10.6 Å². The van der Waals surface area contributed by atoms with E-state index in [4.69, 9.17) is 5.11 Å². The maximum absolute atomic E-state index is 13.0. The highest BCUT2D eigenvalue weighted by molar-refractivity contribution is 5.94. The van der Waals surface area contributed by atoms with Crippen LogP contribution in [0.15, 0.2) is 36.5 Å². The van der Waals surface area contributed by atoms with Gasteiger partial charge >= 0.3 is 5.97 Å². The van der Waals surface area contributed by atoms with Crippen LogP contribution in [0.1, 0.15) is 17.3 Å². The Balaban J connectivity index is 2.22. The first-order chi connectivity index (χ1) is 9.95. The van der Waals surface area contributed by atoms with Crippen molar-refractivity contribution in [2.24, 2.45) is 0 Å². The summed E-state index contributed by atoms with van der Waals surface area (Å²) in [6.45, 7) is 1.40. The van der Waals surface area contributed by atoms with Crippen LogP contribution in [0, 0.1) is 5.82 Å². The second kappa shape index (κ2) is 6.00. The smallest absolute Gasteiger partial charge is 0.339 e. The highest BCUT2D eigenvalue weighted by Gasteiger charge is 2.13. The number of halogens is 1. The number of amides is 1. The summed E-state index contributed by atoms with van der Waals surface area (Å²) in [5.41, 5.74) is 0.908. The molecule has 1 amide bonds. The molecule has 0 saturated heterocycles. The predicted octanol–water partition coefficient (Wildman–Crippen LogP) is 2.62. The van der Waals surface area contributed by atoms with Crippen molar-refractivity contribution in [3.63, 3.8) is 0 Å². The number of carboxylic acid groups (broad SMARTS) is 1. The summed E-state index contributed by atoms with van der Waals surface area (Å²) in [6, 6.07) is 7.47. The molecule has 2 aromatic rings. The van der Waals surface area contributed by atoms with Gasteiger partial charge in [-0.2, -0.15) is 0 Å². The Morgan fingerprint density at radius 2 is 1.81 bits per heavy atom. The molecule has 2 rings (SSSR count). The predicted molar refractivity (Wildman–Crippen MR) is 75.2 cm³/mol. The highest BCUT2D eigenvalue weighted by atomic mass is 19.1. The second-order valence-corrected chi connectivity index (χ2v) is 4.24. The van der Waals surface area contributed by atoms with Crippen molar-refractivity contribution in [3.8, 4) is 0 Å². The number of nitrogens with one attached hydrogen (secondary N) is 2. The Morgan fingerprint density at radius 3 is 2.38 bits per heavy atom. The lowest BCUT2D eigenvalue weighted by Crippen LogP contribution is -2.07. The lowest BCUT2D eigenvalue weighted by Gasteiger charge is -2.09. The SMILES string of the molecule is CC(=O)Nc1ccc(Nc2ncc(F)cc2C(=O)O)cc1. The molecule has 7 heteroatoms. The maximum Gasteiger partial charge on any atom is 0.339 e. The molecule has 0 saturated carbocycles. The number of benzene rings is 1. The van der Waals surface area contributed by atoms with Gasteiger partial charge in [0.25, 0.3) is 0 Å². The molecule has 1 aromatic heterocycles. The van der Waals surface area contributed by atoms with Gasteiger partial charge in [0.1, 0.15) is 17.2 Å². The Morgan fingerprint density at radius 1 is 1.19 bits per heavy atom. The van der Waals surface area contributed by atoms with Gasteiger partial charge in [-0.05, 0) is 30.3 Å². The van der Waals surface area contributed by atoms with Crippen LogP contribution in [-0.2, 0) is 4.79 Å². The molecule has 0 unspecified atom stereocenters. The van der Waals surface area contributed by atoms with E-state index in [1.165, 1.54) is 6.92 Å². The number of hydrogen-bond donors (Lipinski definition) is 3. The largest absolute Gasteiger partial charge is 0.478 e. The lowest BCUT2D eigenvalue weighted by atomic mass is 10.2. The minimum atomic E-state index is -1.28. The normalized spacial score (nSPS) is 10.0. The molecule has 6 nitrogen and oxygen atoms in total. The first kappa shape index (κ1) is 14.4. The molecular weight excluding hydrogens is 277 g/mol. The van der Waals surface area contributed by atoms with Crippen LogP contribution >= 0.6 is 0 Å². The van der Waals surface area contributed by atoms with Gasteiger partial charge in [0.05, 0.1) is 6.20 Å². The van der Waals surface area contributed by atoms with Gasteiger partial charge in [-0.15, -0.1) is 0 Å². The molecule has 0 aliphatic carbocycles. The van der Waals surface area contributed by atoms with Crippen molar-refractivity contribution in [2.75, 3.05) is 10.6 Å². The summed E-state index contributed by atoms with van der Waals surface area (Å²) in [6.07, 6.45) is 0.931. The summed E-state index contributed by atoms with van der Waals surface area (Å²) < 4.78 is 13.0. The Hall–Kier alpha value is -2.96. The fourth-order valence-corrected chi connectivity index (χ4v) is 1.68. The third-order valence-electron chi connectivity index (χ3n) is 2.55. The number of carbonyl (C=O) groups excluding carboxylic acids is 1. The maximum atomic E-state index is 13.0. The molecule has 108 valence electrons. The zero-order valence-electron chi connectivity index (χ0n) is 11.1. The van der Waals surface area contributed by atoms with E-state index in [-0.39, 0.29) is 17.3 Å². The number of hydrogen-bond acceptors (Lipinski definition) is 4. The van der Waals surface area contributed by atoms with Gasteiger partial charge in [0, 0.05) is 18.3 Å². The standard InChI is InChI=1S/C14H12FN3O3/c1-8(19)17-10-2-4-11(5-3-10)18-13-12(14(20)21)6-9(15)7-16-13/h2-7H,1H3,(H,16,18)(H,17,19)(H,20,21). The second-order valence-electron chi connectivity index (χ2n) is 4.24. The molecule has 1 heterocycles. The molecular formula is C14H12FN3O3. The first-order valence-corrected chi connectivity index (χ1v) is 5.99. The van der Waals surface area contributed by atoms with Crippen molar-refractivity contribution in [3.05, 3.63) is 47.9 Å². The van der Waals surface area contributed by atoms with Gasteiger partial charge in [-0.25, -0.2) is 14.2 Å². The monoisotopic (exact) mass is 289 g/mol. The van der Waals surface area contributed by atoms with Crippen LogP contribution in [-0.4, -0.2) is 22.0 Å². The van der Waals surface area contributed by atoms with Crippen molar-refractivity contribution in [2.45, 2.75) is 6.92 Å². The number of aromatic carboxylic acids is 1. The topological polar surface area (TPSA) is 91.3 Å². The Labute approximate surface area is 119 Å². The van der Waals surface area contributed by atoms with Gasteiger partial charge in [-0.1, -0.05) is 0 Å². The van der Waals surface area contributed by atoms with E-state index in [9.17, 15) is 14.0 Å². The number of carboxylic acids is 1. The van der Waals surface area contributed by atoms with Crippen LogP contribution in [0.4, 0.5) is 21.6 Å². The summed E-state index contributed by atoms with van der Waals surface area (Å²) in [4.78, 5) is 25.7. The van der Waals surface area contributed by atoms with Crippen LogP contribution in [0.2, 0.25) is 0 Å². The van der Waals surface area contributed by atoms with E-state index < -0.39 is 11.8 Å². The minimum Gasteiger partial charge on any atom is -0.478 e. The van der Waals surface area contributed by atoms with Crippen LogP contribution in [0.5, 0.6) is 0 Å². The first-order valence-electron chi connectivity index (χ1n) is 5.99. The third kappa shape index (κ3) is 3.75. The van der Waals surface area contributed by atoms with E-state index in [1.807, 2.05) is 0 Å². The zero-order chi connectivity index (χ0) is 15.4. The van der Waals surface area contributed by atoms with Gasteiger partial charge in [0.2, 0.25) is 5.91 Å². The summed E-state index contributed by atoms with van der Waals surface area (Å²) in [5.74, 6) is -2.15. The van der Waals surface area contributed by atoms with Crippen molar-refractivity contribution >= 4 is 29.1 Å². The van der Waals surface area contributed by atoms with Gasteiger partial charge in [0.15, 0.2) is 0 Å². The fraction of sp³-hybridized carbons (Fsp3) is 0.0714. The van der Waals surface area contributed by atoms with Crippen molar-refractivity contribution in [1.29, 1.82) is 0 Å². The molecule has 0 atom stereocenters. The highest BCUT2D eigenvalue weighted by Crippen LogP contribution is 2.21. The molecule has 0 spiro atoms. The molecule has 0 aliphatic rings. The number of pyridine rings is 1. The minimum absolute atomic E-state index is 0.0381. The van der Waals surface area contributed by atoms with Crippen LogP contribution in [0.25, 0.3) is 0 Å². The summed E-state index contributed by atoms with van der Waals surface area (Å²) in [7, 11) is 0. The molecule has 0 aliphatic heterocycles.